The lowest BCUT2D eigenvalue weighted by atomic mass is 10.3. The van der Waals surface area contributed by atoms with Crippen LogP contribution in [0, 0.1) is 0 Å². The summed E-state index contributed by atoms with van der Waals surface area (Å²) in [5.41, 5.74) is 0.749. The lowest BCUT2D eigenvalue weighted by Crippen LogP contribution is -2.35. The van der Waals surface area contributed by atoms with Gasteiger partial charge in [-0.1, -0.05) is 18.5 Å². The normalized spacial score (nSPS) is 10.6. The van der Waals surface area contributed by atoms with Crippen molar-refractivity contribution in [1.29, 1.82) is 0 Å². The first kappa shape index (κ1) is 19.1. The molecule has 0 saturated heterocycles. The van der Waals surface area contributed by atoms with Gasteiger partial charge >= 0.3 is 0 Å². The number of anilines is 1. The largest absolute Gasteiger partial charge is 0.497 e. The van der Waals surface area contributed by atoms with Crippen molar-refractivity contribution in [2.45, 2.75) is 6.92 Å². The Balaban J connectivity index is 1.75. The molecule has 25 heavy (non-hydrogen) atoms. The van der Waals surface area contributed by atoms with Crippen LogP contribution in [-0.4, -0.2) is 44.2 Å². The van der Waals surface area contributed by atoms with E-state index in [1.165, 1.54) is 0 Å². The summed E-state index contributed by atoms with van der Waals surface area (Å²) in [6.45, 7) is 4.26. The van der Waals surface area contributed by atoms with Gasteiger partial charge < -0.3 is 14.8 Å². The average Bonchev–Trinajstić information content (AvgIpc) is 2.63. The van der Waals surface area contributed by atoms with Crippen LogP contribution in [0.4, 0.5) is 5.69 Å². The van der Waals surface area contributed by atoms with Gasteiger partial charge in [0.15, 0.2) is 0 Å². The van der Waals surface area contributed by atoms with E-state index >= 15 is 0 Å². The molecule has 134 valence electrons. The summed E-state index contributed by atoms with van der Waals surface area (Å²) >= 11 is 5.84. The second-order valence-corrected chi connectivity index (χ2v) is 5.88. The van der Waals surface area contributed by atoms with Crippen LogP contribution in [-0.2, 0) is 4.79 Å². The Kier molecular flexibility index (Phi) is 7.57. The molecule has 0 aliphatic heterocycles. The number of carbonyl (C=O) groups is 1. The van der Waals surface area contributed by atoms with Crippen molar-refractivity contribution in [3.8, 4) is 11.5 Å². The molecule has 0 unspecified atom stereocenters. The van der Waals surface area contributed by atoms with Gasteiger partial charge in [0.25, 0.3) is 0 Å². The van der Waals surface area contributed by atoms with Crippen molar-refractivity contribution in [3.05, 3.63) is 53.6 Å². The van der Waals surface area contributed by atoms with Crippen LogP contribution in [0.1, 0.15) is 6.92 Å². The zero-order valence-corrected chi connectivity index (χ0v) is 15.3. The monoisotopic (exact) mass is 362 g/mol. The first-order valence-corrected chi connectivity index (χ1v) is 8.53. The van der Waals surface area contributed by atoms with Crippen LogP contribution in [0.3, 0.4) is 0 Å². The Labute approximate surface area is 153 Å². The maximum absolute atomic E-state index is 12.2. The summed E-state index contributed by atoms with van der Waals surface area (Å²) in [5, 5.41) is 3.56. The van der Waals surface area contributed by atoms with Gasteiger partial charge in [0, 0.05) is 17.3 Å². The number of hydrogen-bond acceptors (Lipinski definition) is 4. The maximum Gasteiger partial charge on any atom is 0.238 e. The first-order chi connectivity index (χ1) is 12.1. The molecule has 0 aliphatic carbocycles. The lowest BCUT2D eigenvalue weighted by molar-refractivity contribution is -0.117. The minimum atomic E-state index is -0.0569. The van der Waals surface area contributed by atoms with Gasteiger partial charge in [0.05, 0.1) is 13.7 Å². The third-order valence-electron chi connectivity index (χ3n) is 3.68. The van der Waals surface area contributed by atoms with Gasteiger partial charge in [-0.05, 0) is 55.1 Å². The SMILES string of the molecule is CCN(CCOc1ccc(Cl)cc1)CC(=O)Nc1ccc(OC)cc1. The molecule has 2 rings (SSSR count). The molecule has 6 heteroatoms. The number of ether oxygens (including phenoxy) is 2. The molecular weight excluding hydrogens is 340 g/mol. The van der Waals surface area contributed by atoms with Crippen molar-refractivity contribution in [2.24, 2.45) is 0 Å². The smallest absolute Gasteiger partial charge is 0.238 e. The van der Waals surface area contributed by atoms with E-state index in [0.29, 0.717) is 24.7 Å². The van der Waals surface area contributed by atoms with Gasteiger partial charge in [-0.2, -0.15) is 0 Å². The Hall–Kier alpha value is -2.24. The van der Waals surface area contributed by atoms with Crippen molar-refractivity contribution < 1.29 is 14.3 Å². The van der Waals surface area contributed by atoms with E-state index in [1.807, 2.05) is 48.2 Å². The summed E-state index contributed by atoms with van der Waals surface area (Å²) in [5.74, 6) is 1.47. The molecule has 0 bridgehead atoms. The van der Waals surface area contributed by atoms with E-state index in [0.717, 1.165) is 23.7 Å². The number of likely N-dealkylation sites (N-methyl/N-ethyl adjacent to an activating group) is 1. The molecule has 0 aromatic heterocycles. The molecule has 0 radical (unpaired) electrons. The Morgan fingerprint density at radius 1 is 1.08 bits per heavy atom. The first-order valence-electron chi connectivity index (χ1n) is 8.15. The van der Waals surface area contributed by atoms with Gasteiger partial charge in [0.1, 0.15) is 18.1 Å². The van der Waals surface area contributed by atoms with Crippen LogP contribution in [0.25, 0.3) is 0 Å². The number of amides is 1. The molecule has 0 atom stereocenters. The van der Waals surface area contributed by atoms with Crippen molar-refractivity contribution in [2.75, 3.05) is 38.7 Å². The lowest BCUT2D eigenvalue weighted by Gasteiger charge is -2.20. The summed E-state index contributed by atoms with van der Waals surface area (Å²) in [6.07, 6.45) is 0. The molecule has 1 N–H and O–H groups in total. The van der Waals surface area contributed by atoms with E-state index in [9.17, 15) is 4.79 Å². The summed E-state index contributed by atoms with van der Waals surface area (Å²) in [7, 11) is 1.61. The Morgan fingerprint density at radius 3 is 2.32 bits per heavy atom. The third-order valence-corrected chi connectivity index (χ3v) is 3.93. The molecule has 1 amide bonds. The number of hydrogen-bond donors (Lipinski definition) is 1. The summed E-state index contributed by atoms with van der Waals surface area (Å²) in [4.78, 5) is 14.2. The molecule has 5 nitrogen and oxygen atoms in total. The third kappa shape index (κ3) is 6.64. The molecule has 2 aromatic rings. The minimum absolute atomic E-state index is 0.0569. The zero-order chi connectivity index (χ0) is 18.1. The van der Waals surface area contributed by atoms with Crippen LogP contribution in [0.15, 0.2) is 48.5 Å². The second-order valence-electron chi connectivity index (χ2n) is 5.45. The number of nitrogens with one attached hydrogen (secondary N) is 1. The number of nitrogens with zero attached hydrogens (tertiary/aromatic N) is 1. The summed E-state index contributed by atoms with van der Waals surface area (Å²) < 4.78 is 10.8. The fraction of sp³-hybridized carbons (Fsp3) is 0.316. The molecule has 0 fully saturated rings. The van der Waals surface area contributed by atoms with E-state index in [-0.39, 0.29) is 5.91 Å². The predicted molar refractivity (Wildman–Crippen MR) is 101 cm³/mol. The molecular formula is C19H23ClN2O3. The van der Waals surface area contributed by atoms with E-state index in [4.69, 9.17) is 21.1 Å². The topological polar surface area (TPSA) is 50.8 Å². The van der Waals surface area contributed by atoms with Crippen LogP contribution in [0.5, 0.6) is 11.5 Å². The average molecular weight is 363 g/mol. The molecule has 2 aromatic carbocycles. The number of rotatable bonds is 9. The van der Waals surface area contributed by atoms with Gasteiger partial charge in [-0.3, -0.25) is 9.69 Å². The molecule has 0 heterocycles. The molecule has 0 spiro atoms. The highest BCUT2D eigenvalue weighted by atomic mass is 35.5. The fourth-order valence-corrected chi connectivity index (χ4v) is 2.38. The van der Waals surface area contributed by atoms with E-state index in [1.54, 1.807) is 19.2 Å². The van der Waals surface area contributed by atoms with E-state index < -0.39 is 0 Å². The standard InChI is InChI=1S/C19H23ClN2O3/c1-3-22(12-13-25-18-8-4-15(20)5-9-18)14-19(23)21-16-6-10-17(24-2)11-7-16/h4-11H,3,12-14H2,1-2H3,(H,21,23). The number of carbonyl (C=O) groups excluding carboxylic acids is 1. The number of methoxy groups -OCH3 is 1. The van der Waals surface area contributed by atoms with Crippen molar-refractivity contribution in [1.82, 2.24) is 4.90 Å². The summed E-state index contributed by atoms with van der Waals surface area (Å²) in [6, 6.07) is 14.5. The molecule has 0 saturated carbocycles. The predicted octanol–water partition coefficient (Wildman–Crippen LogP) is 3.69. The fourth-order valence-electron chi connectivity index (χ4n) is 2.25. The van der Waals surface area contributed by atoms with E-state index in [2.05, 4.69) is 5.32 Å². The van der Waals surface area contributed by atoms with Gasteiger partial charge in [-0.25, -0.2) is 0 Å². The number of benzene rings is 2. The quantitative estimate of drug-likeness (QED) is 0.739. The Morgan fingerprint density at radius 2 is 1.72 bits per heavy atom. The highest BCUT2D eigenvalue weighted by molar-refractivity contribution is 6.30. The molecule has 0 aliphatic rings. The van der Waals surface area contributed by atoms with Crippen molar-refractivity contribution in [3.63, 3.8) is 0 Å². The van der Waals surface area contributed by atoms with Gasteiger partial charge in [0.2, 0.25) is 5.91 Å². The highest BCUT2D eigenvalue weighted by Gasteiger charge is 2.09. The maximum atomic E-state index is 12.2. The van der Waals surface area contributed by atoms with Crippen LogP contribution in [0.2, 0.25) is 5.02 Å². The highest BCUT2D eigenvalue weighted by Crippen LogP contribution is 2.16. The van der Waals surface area contributed by atoms with Crippen LogP contribution < -0.4 is 14.8 Å². The van der Waals surface area contributed by atoms with Crippen LogP contribution >= 0.6 is 11.6 Å². The Bertz CT molecular complexity index is 659. The van der Waals surface area contributed by atoms with Crippen molar-refractivity contribution >= 4 is 23.2 Å². The van der Waals surface area contributed by atoms with Gasteiger partial charge in [-0.15, -0.1) is 0 Å². The zero-order valence-electron chi connectivity index (χ0n) is 14.5. The second kappa shape index (κ2) is 9.91. The number of halogens is 1. The minimum Gasteiger partial charge on any atom is -0.497 e.